The Morgan fingerprint density at radius 1 is 1.40 bits per heavy atom. The van der Waals surface area contributed by atoms with Gasteiger partial charge in [-0.15, -0.1) is 0 Å². The molecule has 1 aromatic carbocycles. The van der Waals surface area contributed by atoms with Crippen molar-refractivity contribution in [3.8, 4) is 0 Å². The van der Waals surface area contributed by atoms with Gasteiger partial charge in [-0.25, -0.2) is 0 Å². The Hall–Kier alpha value is -0.550. The monoisotopic (exact) mass is 295 g/mol. The molecule has 3 nitrogen and oxygen atoms in total. The first kappa shape index (κ1) is 15.8. The molecule has 3 unspecified atom stereocenters. The molecule has 1 saturated heterocycles. The van der Waals surface area contributed by atoms with Gasteiger partial charge in [0.1, 0.15) is 0 Å². The first-order valence-electron chi connectivity index (χ1n) is 7.41. The van der Waals surface area contributed by atoms with Crippen molar-refractivity contribution in [2.45, 2.75) is 38.0 Å². The summed E-state index contributed by atoms with van der Waals surface area (Å²) >= 11 is 1.99. The lowest BCUT2D eigenvalue weighted by Crippen LogP contribution is -2.40. The third-order valence-corrected chi connectivity index (χ3v) is 4.83. The van der Waals surface area contributed by atoms with E-state index in [1.165, 1.54) is 18.6 Å². The van der Waals surface area contributed by atoms with Gasteiger partial charge >= 0.3 is 0 Å². The van der Waals surface area contributed by atoms with Gasteiger partial charge in [0.15, 0.2) is 0 Å². The average molecular weight is 295 g/mol. The fraction of sp³-hybridized carbons (Fsp3) is 0.625. The number of nitrogens with one attached hydrogen (secondary N) is 1. The highest BCUT2D eigenvalue weighted by Gasteiger charge is 2.15. The van der Waals surface area contributed by atoms with E-state index in [1.54, 1.807) is 0 Å². The Kier molecular flexibility index (Phi) is 6.87. The first-order valence-corrected chi connectivity index (χ1v) is 8.57. The van der Waals surface area contributed by atoms with Crippen LogP contribution in [-0.2, 0) is 4.74 Å². The zero-order chi connectivity index (χ0) is 14.2. The van der Waals surface area contributed by atoms with Gasteiger partial charge in [0.2, 0.25) is 0 Å². The van der Waals surface area contributed by atoms with E-state index in [4.69, 9.17) is 4.74 Å². The molecule has 4 heteroatoms. The summed E-state index contributed by atoms with van der Waals surface area (Å²) in [5, 5.41) is 13.4. The summed E-state index contributed by atoms with van der Waals surface area (Å²) in [6, 6.07) is 10.7. The minimum absolute atomic E-state index is 0.0242. The van der Waals surface area contributed by atoms with Crippen LogP contribution in [0.2, 0.25) is 0 Å². The molecule has 1 fully saturated rings. The third-order valence-electron chi connectivity index (χ3n) is 3.61. The van der Waals surface area contributed by atoms with Gasteiger partial charge in [0.25, 0.3) is 0 Å². The summed E-state index contributed by atoms with van der Waals surface area (Å²) in [4.78, 5) is 0. The van der Waals surface area contributed by atoms with Crippen molar-refractivity contribution in [2.75, 3.05) is 24.7 Å². The molecule has 20 heavy (non-hydrogen) atoms. The number of benzene rings is 1. The number of thioether (sulfide) groups is 1. The topological polar surface area (TPSA) is 41.5 Å². The van der Waals surface area contributed by atoms with E-state index in [2.05, 4.69) is 17.4 Å². The van der Waals surface area contributed by atoms with Gasteiger partial charge in [0.05, 0.1) is 18.8 Å². The standard InChI is InChI=1S/C16H25NO2S/c1-13(14-6-3-2-4-7-14)19-11-16(18)10-17-15-8-5-9-20-12-15/h2-4,6-7,13,15-18H,5,8-12H2,1H3. The number of rotatable bonds is 7. The van der Waals surface area contributed by atoms with Crippen LogP contribution in [0.15, 0.2) is 30.3 Å². The van der Waals surface area contributed by atoms with E-state index < -0.39 is 6.10 Å². The van der Waals surface area contributed by atoms with Gasteiger partial charge in [0, 0.05) is 18.3 Å². The first-order chi connectivity index (χ1) is 9.75. The van der Waals surface area contributed by atoms with Crippen molar-refractivity contribution < 1.29 is 9.84 Å². The molecule has 0 bridgehead atoms. The van der Waals surface area contributed by atoms with Crippen LogP contribution in [0.4, 0.5) is 0 Å². The van der Waals surface area contributed by atoms with Crippen molar-refractivity contribution in [2.24, 2.45) is 0 Å². The molecule has 3 atom stereocenters. The maximum Gasteiger partial charge on any atom is 0.0898 e. The van der Waals surface area contributed by atoms with E-state index in [0.717, 1.165) is 11.3 Å². The molecule has 0 spiro atoms. The second-order valence-corrected chi connectivity index (χ2v) is 6.51. The lowest BCUT2D eigenvalue weighted by atomic mass is 10.1. The molecular formula is C16H25NO2S. The minimum atomic E-state index is -0.437. The number of ether oxygens (including phenoxy) is 1. The van der Waals surface area contributed by atoms with Crippen LogP contribution in [0, 0.1) is 0 Å². The SMILES string of the molecule is CC(OCC(O)CNC1CCCSC1)c1ccccc1. The van der Waals surface area contributed by atoms with Gasteiger partial charge < -0.3 is 15.2 Å². The van der Waals surface area contributed by atoms with E-state index >= 15 is 0 Å². The van der Waals surface area contributed by atoms with Gasteiger partial charge in [-0.1, -0.05) is 30.3 Å². The van der Waals surface area contributed by atoms with E-state index in [0.29, 0.717) is 19.2 Å². The zero-order valence-corrected chi connectivity index (χ0v) is 12.9. The molecule has 2 N–H and O–H groups in total. The van der Waals surface area contributed by atoms with Gasteiger partial charge in [-0.2, -0.15) is 11.8 Å². The Labute approximate surface area is 126 Å². The van der Waals surface area contributed by atoms with E-state index in [9.17, 15) is 5.11 Å². The molecule has 0 amide bonds. The maximum absolute atomic E-state index is 9.98. The highest BCUT2D eigenvalue weighted by molar-refractivity contribution is 7.99. The van der Waals surface area contributed by atoms with E-state index in [-0.39, 0.29) is 6.10 Å². The smallest absolute Gasteiger partial charge is 0.0898 e. The molecule has 0 aliphatic carbocycles. The van der Waals surface area contributed by atoms with Crippen LogP contribution < -0.4 is 5.32 Å². The Morgan fingerprint density at radius 3 is 2.90 bits per heavy atom. The van der Waals surface area contributed by atoms with E-state index in [1.807, 2.05) is 36.9 Å². The lowest BCUT2D eigenvalue weighted by Gasteiger charge is -2.24. The van der Waals surface area contributed by atoms with Crippen LogP contribution in [0.3, 0.4) is 0 Å². The van der Waals surface area contributed by atoms with Crippen molar-refractivity contribution in [1.82, 2.24) is 5.32 Å². The highest BCUT2D eigenvalue weighted by Crippen LogP contribution is 2.17. The summed E-state index contributed by atoms with van der Waals surface area (Å²) in [7, 11) is 0. The summed E-state index contributed by atoms with van der Waals surface area (Å²) in [5.41, 5.74) is 1.15. The molecule has 1 aliphatic heterocycles. The predicted molar refractivity (Wildman–Crippen MR) is 85.2 cm³/mol. The highest BCUT2D eigenvalue weighted by atomic mass is 32.2. The minimum Gasteiger partial charge on any atom is -0.389 e. The van der Waals surface area contributed by atoms with Crippen LogP contribution >= 0.6 is 11.8 Å². The molecule has 1 aliphatic rings. The van der Waals surface area contributed by atoms with Gasteiger partial charge in [-0.05, 0) is 31.1 Å². The molecule has 0 radical (unpaired) electrons. The molecule has 112 valence electrons. The molecular weight excluding hydrogens is 270 g/mol. The quantitative estimate of drug-likeness (QED) is 0.811. The Bertz CT molecular complexity index is 368. The normalized spacial score (nSPS) is 22.4. The second-order valence-electron chi connectivity index (χ2n) is 5.36. The summed E-state index contributed by atoms with van der Waals surface area (Å²) < 4.78 is 5.73. The van der Waals surface area contributed by atoms with Crippen molar-refractivity contribution in [1.29, 1.82) is 0 Å². The molecule has 2 rings (SSSR count). The van der Waals surface area contributed by atoms with Crippen LogP contribution in [0.1, 0.15) is 31.4 Å². The van der Waals surface area contributed by atoms with Gasteiger partial charge in [-0.3, -0.25) is 0 Å². The van der Waals surface area contributed by atoms with Crippen LogP contribution in [0.5, 0.6) is 0 Å². The molecule has 0 aromatic heterocycles. The van der Waals surface area contributed by atoms with Crippen LogP contribution in [0.25, 0.3) is 0 Å². The predicted octanol–water partition coefficient (Wildman–Crippen LogP) is 2.61. The molecule has 1 aromatic rings. The average Bonchev–Trinajstić information content (AvgIpc) is 2.52. The lowest BCUT2D eigenvalue weighted by molar-refractivity contribution is -0.00278. The number of aliphatic hydroxyl groups excluding tert-OH is 1. The molecule has 1 heterocycles. The Balaban J connectivity index is 1.63. The number of hydrogen-bond donors (Lipinski definition) is 2. The zero-order valence-electron chi connectivity index (χ0n) is 12.1. The third kappa shape index (κ3) is 5.44. The summed E-state index contributed by atoms with van der Waals surface area (Å²) in [6.07, 6.45) is 2.09. The second kappa shape index (κ2) is 8.67. The fourth-order valence-corrected chi connectivity index (χ4v) is 3.45. The summed E-state index contributed by atoms with van der Waals surface area (Å²) in [6.45, 7) is 3.02. The number of aliphatic hydroxyl groups is 1. The van der Waals surface area contributed by atoms with Crippen molar-refractivity contribution >= 4 is 11.8 Å². The maximum atomic E-state index is 9.98. The largest absolute Gasteiger partial charge is 0.389 e. The molecule has 0 saturated carbocycles. The van der Waals surface area contributed by atoms with Crippen LogP contribution in [-0.4, -0.2) is 41.9 Å². The number of hydrogen-bond acceptors (Lipinski definition) is 4. The summed E-state index contributed by atoms with van der Waals surface area (Å²) in [5.74, 6) is 2.44. The Morgan fingerprint density at radius 2 is 2.20 bits per heavy atom. The van der Waals surface area contributed by atoms with Crippen molar-refractivity contribution in [3.63, 3.8) is 0 Å². The fourth-order valence-electron chi connectivity index (χ4n) is 2.34. The van der Waals surface area contributed by atoms with Crippen molar-refractivity contribution in [3.05, 3.63) is 35.9 Å².